The van der Waals surface area contributed by atoms with Crippen molar-refractivity contribution in [3.63, 3.8) is 0 Å². The second-order valence-electron chi connectivity index (χ2n) is 16.8. The largest absolute Gasteiger partial charge is 0.492 e. The highest BCUT2D eigenvalue weighted by atomic mass is 16.6. The first-order valence-corrected chi connectivity index (χ1v) is 22.6. The minimum absolute atomic E-state index is 0.175. The number of amides is 1. The normalized spacial score (nSPS) is 14.8. The van der Waals surface area contributed by atoms with Crippen LogP contribution in [0.4, 0.5) is 16.2 Å². The van der Waals surface area contributed by atoms with E-state index in [2.05, 4.69) is 54.0 Å². The van der Waals surface area contributed by atoms with Gasteiger partial charge in [-0.15, -0.1) is 0 Å². The molecule has 1 amide bonds. The van der Waals surface area contributed by atoms with Gasteiger partial charge in [0.2, 0.25) is 0 Å². The number of nitrogens with one attached hydrogen (secondary N) is 2. The Bertz CT molecular complexity index is 2310. The van der Waals surface area contributed by atoms with Gasteiger partial charge in [-0.25, -0.2) is 14.8 Å². The fourth-order valence-electron chi connectivity index (χ4n) is 8.83. The molecule has 0 aliphatic heterocycles. The van der Waals surface area contributed by atoms with Gasteiger partial charge in [0.05, 0.1) is 55.5 Å². The molecular weight excluding hydrogens is 765 g/mol. The molecule has 2 aliphatic carbocycles. The molecule has 324 valence electrons. The number of hydrogen-bond donors (Lipinski definition) is 2. The van der Waals surface area contributed by atoms with Crippen molar-refractivity contribution in [3.8, 4) is 11.5 Å². The van der Waals surface area contributed by atoms with E-state index in [9.17, 15) is 4.79 Å². The lowest BCUT2D eigenvalue weighted by molar-refractivity contribution is 0.130. The van der Waals surface area contributed by atoms with E-state index < -0.39 is 6.09 Å². The number of carbonyl (C=O) groups is 1. The molecule has 2 N–H and O–H groups in total. The summed E-state index contributed by atoms with van der Waals surface area (Å²) in [4.78, 5) is 30.8. The Morgan fingerprint density at radius 3 is 1.56 bits per heavy atom. The van der Waals surface area contributed by atoms with Crippen LogP contribution in [0.5, 0.6) is 11.5 Å². The summed E-state index contributed by atoms with van der Waals surface area (Å²) in [5.74, 6) is 3.04. The van der Waals surface area contributed by atoms with E-state index in [0.29, 0.717) is 31.2 Å². The molecule has 12 heteroatoms. The van der Waals surface area contributed by atoms with Gasteiger partial charge in [-0.05, 0) is 114 Å². The number of nitrogens with zero attached hydrogens (tertiary/aromatic N) is 6. The molecule has 2 aliphatic rings. The van der Waals surface area contributed by atoms with Crippen molar-refractivity contribution in [1.29, 1.82) is 0 Å². The third kappa shape index (κ3) is 11.8. The lowest BCUT2D eigenvalue weighted by atomic mass is 9.89. The maximum atomic E-state index is 12.0. The van der Waals surface area contributed by atoms with Gasteiger partial charge in [-0.3, -0.25) is 15.3 Å². The highest BCUT2D eigenvalue weighted by Crippen LogP contribution is 2.31. The Balaban J connectivity index is 0.000000186. The van der Waals surface area contributed by atoms with E-state index in [1.54, 1.807) is 12.4 Å². The summed E-state index contributed by atoms with van der Waals surface area (Å²) in [7, 11) is 1.94. The van der Waals surface area contributed by atoms with Crippen molar-refractivity contribution >= 4 is 39.5 Å². The first kappa shape index (κ1) is 43.4. The Labute approximate surface area is 360 Å². The molecule has 6 aromatic heterocycles. The molecule has 61 heavy (non-hydrogen) atoms. The number of hydrogen-bond acceptors (Lipinski definition) is 9. The summed E-state index contributed by atoms with van der Waals surface area (Å²) in [6.07, 6.45) is 21.4. The smallest absolute Gasteiger partial charge is 0.411 e. The average Bonchev–Trinajstić information content (AvgIpc) is 3.78. The van der Waals surface area contributed by atoms with Gasteiger partial charge in [-0.1, -0.05) is 38.5 Å². The molecule has 2 fully saturated rings. The van der Waals surface area contributed by atoms with Crippen LogP contribution in [0.25, 0.3) is 22.1 Å². The Morgan fingerprint density at radius 1 is 0.656 bits per heavy atom. The number of aromatic nitrogens is 6. The molecule has 0 aromatic carbocycles. The average molecular weight is 829 g/mol. The van der Waals surface area contributed by atoms with Crippen LogP contribution in [-0.4, -0.2) is 61.5 Å². The lowest BCUT2D eigenvalue weighted by Gasteiger charge is -2.23. The van der Waals surface area contributed by atoms with E-state index in [-0.39, 0.29) is 6.10 Å². The van der Waals surface area contributed by atoms with Crippen molar-refractivity contribution in [3.05, 3.63) is 96.1 Å². The maximum Gasteiger partial charge on any atom is 0.411 e. The van der Waals surface area contributed by atoms with Crippen molar-refractivity contribution in [2.24, 2.45) is 11.8 Å². The Morgan fingerprint density at radius 2 is 1.13 bits per heavy atom. The first-order chi connectivity index (χ1) is 29.8. The topological polar surface area (TPSA) is 130 Å². The maximum absolute atomic E-state index is 12.0. The van der Waals surface area contributed by atoms with E-state index in [0.717, 1.165) is 70.7 Å². The van der Waals surface area contributed by atoms with Crippen LogP contribution < -0.4 is 20.1 Å². The van der Waals surface area contributed by atoms with Gasteiger partial charge in [-0.2, -0.15) is 0 Å². The number of fused-ring (bicyclic) bond motifs is 2. The van der Waals surface area contributed by atoms with Gasteiger partial charge < -0.3 is 28.7 Å². The van der Waals surface area contributed by atoms with E-state index in [1.807, 2.05) is 71.4 Å². The zero-order valence-corrected chi connectivity index (χ0v) is 36.8. The Kier molecular flexibility index (Phi) is 15.1. The van der Waals surface area contributed by atoms with Crippen LogP contribution >= 0.6 is 0 Å². The van der Waals surface area contributed by atoms with E-state index in [1.165, 1.54) is 81.0 Å². The molecule has 0 spiro atoms. The first-order valence-electron chi connectivity index (χ1n) is 22.6. The minimum Gasteiger partial charge on any atom is -0.492 e. The third-order valence-corrected chi connectivity index (χ3v) is 11.8. The highest BCUT2D eigenvalue weighted by Gasteiger charge is 2.21. The van der Waals surface area contributed by atoms with E-state index >= 15 is 0 Å². The SMILES string of the molecule is CCOc1ccc(Cc2cc3cc(NC(=O)OC(C)C)cnc3n2CC2CCCCC2)nc1.CCOc1ccc(Cc2cc3cc(NC)cnc3n2CC2CCCCC2)nc1. The fraction of sp³-hybridized carbons (Fsp3) is 0.490. The minimum atomic E-state index is -0.466. The summed E-state index contributed by atoms with van der Waals surface area (Å²) < 4.78 is 21.0. The monoisotopic (exact) mass is 829 g/mol. The lowest BCUT2D eigenvalue weighted by Crippen LogP contribution is -2.18. The molecule has 0 bridgehead atoms. The molecule has 6 aromatic rings. The van der Waals surface area contributed by atoms with Crippen LogP contribution in [-0.2, 0) is 30.7 Å². The molecule has 0 atom stereocenters. The molecular formula is C49H64N8O4. The summed E-state index contributed by atoms with van der Waals surface area (Å²) >= 11 is 0. The van der Waals surface area contributed by atoms with Gasteiger partial charge in [0.1, 0.15) is 22.8 Å². The second kappa shape index (κ2) is 21.2. The predicted molar refractivity (Wildman–Crippen MR) is 244 cm³/mol. The summed E-state index contributed by atoms with van der Waals surface area (Å²) in [5.41, 5.74) is 8.24. The zero-order valence-electron chi connectivity index (χ0n) is 36.8. The van der Waals surface area contributed by atoms with E-state index in [4.69, 9.17) is 24.2 Å². The Hall–Kier alpha value is -5.65. The van der Waals surface area contributed by atoms with Gasteiger partial charge in [0.15, 0.2) is 0 Å². The van der Waals surface area contributed by atoms with Crippen LogP contribution in [0, 0.1) is 11.8 Å². The summed E-state index contributed by atoms with van der Waals surface area (Å²) in [6, 6.07) is 16.7. The summed E-state index contributed by atoms with van der Waals surface area (Å²) in [5, 5.41) is 8.19. The molecule has 0 radical (unpaired) electrons. The van der Waals surface area contributed by atoms with Gasteiger partial charge in [0, 0.05) is 66.5 Å². The standard InChI is InChI=1S/C26H34N4O3.C23H30N4O/c1-4-32-24-11-10-21(27-16-24)14-23-13-20-12-22(29-26(31)33-18(2)3)15-28-25(20)30(23)17-19-8-6-5-7-9-19;1-3-28-22-10-9-19(25-15-22)13-21-12-18-11-20(24-2)14-26-23(18)27(21)16-17-7-5-4-6-8-17/h10-13,15-16,18-19H,4-9,14,17H2,1-3H3,(H,29,31);9-12,14-15,17,24H,3-8,13,16H2,1-2H3. The molecule has 8 rings (SSSR count). The van der Waals surface area contributed by atoms with Crippen LogP contribution in [0.2, 0.25) is 0 Å². The quantitative estimate of drug-likeness (QED) is 0.104. The molecule has 2 saturated carbocycles. The fourth-order valence-corrected chi connectivity index (χ4v) is 8.83. The van der Waals surface area contributed by atoms with Crippen molar-refractivity contribution in [2.45, 2.75) is 124 Å². The number of anilines is 2. The zero-order chi connectivity index (χ0) is 42.6. The van der Waals surface area contributed by atoms with Crippen LogP contribution in [0.3, 0.4) is 0 Å². The highest BCUT2D eigenvalue weighted by molar-refractivity contribution is 5.89. The van der Waals surface area contributed by atoms with Gasteiger partial charge in [0.25, 0.3) is 0 Å². The molecule has 0 unspecified atom stereocenters. The van der Waals surface area contributed by atoms with Crippen molar-refractivity contribution in [1.82, 2.24) is 29.1 Å². The second-order valence-corrected chi connectivity index (χ2v) is 16.8. The molecule has 6 heterocycles. The van der Waals surface area contributed by atoms with Crippen molar-refractivity contribution < 1.29 is 19.0 Å². The van der Waals surface area contributed by atoms with Gasteiger partial charge >= 0.3 is 6.09 Å². The number of rotatable bonds is 15. The number of ether oxygens (including phenoxy) is 3. The van der Waals surface area contributed by atoms with Crippen molar-refractivity contribution in [2.75, 3.05) is 30.9 Å². The number of pyridine rings is 4. The molecule has 0 saturated heterocycles. The van der Waals surface area contributed by atoms with Crippen LogP contribution in [0.15, 0.2) is 73.3 Å². The molecule has 12 nitrogen and oxygen atoms in total. The third-order valence-electron chi connectivity index (χ3n) is 11.8. The number of carbonyl (C=O) groups excluding carboxylic acids is 1. The van der Waals surface area contributed by atoms with Crippen LogP contribution in [0.1, 0.15) is 115 Å². The summed E-state index contributed by atoms with van der Waals surface area (Å²) in [6.45, 7) is 10.9. The predicted octanol–water partition coefficient (Wildman–Crippen LogP) is 11.0.